The van der Waals surface area contributed by atoms with E-state index in [1.54, 1.807) is 12.2 Å². The van der Waals surface area contributed by atoms with Gasteiger partial charge >= 0.3 is 6.18 Å². The molecule has 1 aromatic heterocycles. The van der Waals surface area contributed by atoms with E-state index in [2.05, 4.69) is 15.3 Å². The topological polar surface area (TPSA) is 57.8 Å². The van der Waals surface area contributed by atoms with Gasteiger partial charge in [-0.25, -0.2) is 4.98 Å². The number of halogens is 3. The highest BCUT2D eigenvalue weighted by Crippen LogP contribution is 2.31. The van der Waals surface area contributed by atoms with Crippen molar-refractivity contribution >= 4 is 34.8 Å². The van der Waals surface area contributed by atoms with Gasteiger partial charge in [0.2, 0.25) is 5.91 Å². The van der Waals surface area contributed by atoms with Crippen LogP contribution in [0.3, 0.4) is 0 Å². The second kappa shape index (κ2) is 8.10. The van der Waals surface area contributed by atoms with Gasteiger partial charge in [-0.3, -0.25) is 4.79 Å². The number of carbonyl (C=O) groups is 1. The molecular weight excluding hydrogens is 403 g/mol. The molecule has 0 spiro atoms. The number of para-hydroxylation sites is 1. The molecule has 1 heterocycles. The molecule has 0 saturated heterocycles. The number of hydrogen-bond donors (Lipinski definition) is 2. The Morgan fingerprint density at radius 3 is 2.45 bits per heavy atom. The van der Waals surface area contributed by atoms with E-state index in [1.807, 2.05) is 42.5 Å². The first-order valence-corrected chi connectivity index (χ1v) is 9.52. The summed E-state index contributed by atoms with van der Waals surface area (Å²) in [6.45, 7) is 1.46. The number of alkyl halides is 3. The van der Waals surface area contributed by atoms with E-state index in [9.17, 15) is 18.0 Å². The Morgan fingerprint density at radius 1 is 1.00 bits per heavy atom. The lowest BCUT2D eigenvalue weighted by molar-refractivity contribution is -0.137. The van der Waals surface area contributed by atoms with Crippen LogP contribution < -0.4 is 5.32 Å². The van der Waals surface area contributed by atoms with Crippen LogP contribution in [-0.2, 0) is 11.0 Å². The Morgan fingerprint density at radius 2 is 1.74 bits per heavy atom. The third-order valence-electron chi connectivity index (χ3n) is 4.72. The summed E-state index contributed by atoms with van der Waals surface area (Å²) < 4.78 is 38.0. The molecule has 0 fully saturated rings. The number of H-pyrrole nitrogens is 1. The summed E-state index contributed by atoms with van der Waals surface area (Å²) in [5.74, 6) is 0.436. The van der Waals surface area contributed by atoms with Crippen molar-refractivity contribution in [3.05, 3.63) is 83.7 Å². The van der Waals surface area contributed by atoms with Crippen LogP contribution in [0.1, 0.15) is 23.9 Å². The first-order valence-electron chi connectivity index (χ1n) is 9.52. The summed E-state index contributed by atoms with van der Waals surface area (Å²) in [6, 6.07) is 18.2. The van der Waals surface area contributed by atoms with Gasteiger partial charge in [-0.1, -0.05) is 42.5 Å². The number of carbonyl (C=O) groups excluding carboxylic acids is 1. The number of anilines is 1. The number of aromatic amines is 1. The fourth-order valence-corrected chi connectivity index (χ4v) is 3.26. The van der Waals surface area contributed by atoms with E-state index >= 15 is 0 Å². The highest BCUT2D eigenvalue weighted by atomic mass is 19.4. The molecule has 0 aliphatic carbocycles. The number of fused-ring (bicyclic) bond motifs is 1. The van der Waals surface area contributed by atoms with Crippen molar-refractivity contribution in [1.82, 2.24) is 9.97 Å². The molecule has 4 aromatic rings. The average Bonchev–Trinajstić information content (AvgIpc) is 3.14. The highest BCUT2D eigenvalue weighted by molar-refractivity contribution is 5.95. The van der Waals surface area contributed by atoms with Crippen molar-refractivity contribution in [2.75, 3.05) is 5.32 Å². The summed E-state index contributed by atoms with van der Waals surface area (Å²) in [6.07, 6.45) is -0.935. The summed E-state index contributed by atoms with van der Waals surface area (Å²) in [5, 5.41) is 2.83. The molecule has 7 heteroatoms. The zero-order valence-corrected chi connectivity index (χ0v) is 16.5. The van der Waals surface area contributed by atoms with Crippen LogP contribution in [0.15, 0.2) is 66.7 Å². The number of amides is 1. The number of benzene rings is 3. The van der Waals surface area contributed by atoms with Gasteiger partial charge in [0.1, 0.15) is 5.82 Å². The van der Waals surface area contributed by atoms with Crippen molar-refractivity contribution in [3.63, 3.8) is 0 Å². The first kappa shape index (κ1) is 20.4. The minimum atomic E-state index is -4.35. The average molecular weight is 421 g/mol. The van der Waals surface area contributed by atoms with E-state index < -0.39 is 11.7 Å². The second-order valence-electron chi connectivity index (χ2n) is 7.03. The number of imidazole rings is 1. The Hall–Kier alpha value is -3.87. The molecule has 0 aliphatic rings. The smallest absolute Gasteiger partial charge is 0.338 e. The van der Waals surface area contributed by atoms with Gasteiger partial charge in [0.05, 0.1) is 16.6 Å². The monoisotopic (exact) mass is 421 g/mol. The number of aromatic nitrogens is 2. The van der Waals surface area contributed by atoms with Crippen LogP contribution in [0.2, 0.25) is 0 Å². The molecule has 4 nitrogen and oxygen atoms in total. The molecular formula is C24H18F3N3O. The number of hydrogen-bond acceptors (Lipinski definition) is 2. The third kappa shape index (κ3) is 4.66. The van der Waals surface area contributed by atoms with Gasteiger partial charge in [0.15, 0.2) is 0 Å². The lowest BCUT2D eigenvalue weighted by Gasteiger charge is -2.09. The van der Waals surface area contributed by atoms with Crippen LogP contribution in [0.5, 0.6) is 0 Å². The quantitative estimate of drug-likeness (QED) is 0.402. The molecule has 3 aromatic carbocycles. The Kier molecular flexibility index (Phi) is 5.33. The summed E-state index contributed by atoms with van der Waals surface area (Å²) in [5.41, 5.74) is 4.02. The maximum absolute atomic E-state index is 12.7. The Labute approximate surface area is 176 Å². The summed E-state index contributed by atoms with van der Waals surface area (Å²) in [7, 11) is 0. The number of nitrogens with one attached hydrogen (secondary N) is 2. The van der Waals surface area contributed by atoms with Crippen molar-refractivity contribution < 1.29 is 18.0 Å². The van der Waals surface area contributed by atoms with Crippen LogP contribution in [0.25, 0.3) is 34.3 Å². The predicted octanol–water partition coefficient (Wildman–Crippen LogP) is 6.38. The standard InChI is InChI=1S/C24H18F3N3O/c1-15(31)28-20-5-3-2-4-19(20)17-9-12-21-22(14-17)30-23(29-21)13-8-16-6-10-18(11-7-16)24(25,26)27/h2-14H,1H3,(H,28,31)(H,29,30)/b13-8+. The lowest BCUT2D eigenvalue weighted by atomic mass is 10.0. The molecule has 0 atom stereocenters. The fraction of sp³-hybridized carbons (Fsp3) is 0.0833. The molecule has 31 heavy (non-hydrogen) atoms. The minimum Gasteiger partial charge on any atom is -0.338 e. The zero-order valence-electron chi connectivity index (χ0n) is 16.5. The first-order chi connectivity index (χ1) is 14.8. The molecule has 156 valence electrons. The van der Waals surface area contributed by atoms with Crippen LogP contribution in [0.4, 0.5) is 18.9 Å². The van der Waals surface area contributed by atoms with E-state index in [4.69, 9.17) is 0 Å². The Bertz CT molecular complexity index is 1270. The van der Waals surface area contributed by atoms with Crippen molar-refractivity contribution in [2.45, 2.75) is 13.1 Å². The molecule has 0 unspecified atom stereocenters. The predicted molar refractivity (Wildman–Crippen MR) is 116 cm³/mol. The third-order valence-corrected chi connectivity index (χ3v) is 4.72. The fourth-order valence-electron chi connectivity index (χ4n) is 3.26. The highest BCUT2D eigenvalue weighted by Gasteiger charge is 2.29. The minimum absolute atomic E-state index is 0.149. The molecule has 0 aliphatic heterocycles. The summed E-state index contributed by atoms with van der Waals surface area (Å²) in [4.78, 5) is 19.2. The van der Waals surface area contributed by atoms with Gasteiger partial charge in [-0.05, 0) is 47.5 Å². The molecule has 0 saturated carbocycles. The summed E-state index contributed by atoms with van der Waals surface area (Å²) >= 11 is 0. The van der Waals surface area contributed by atoms with Crippen LogP contribution in [0, 0.1) is 0 Å². The van der Waals surface area contributed by atoms with Crippen molar-refractivity contribution in [1.29, 1.82) is 0 Å². The van der Waals surface area contributed by atoms with Gasteiger partial charge in [-0.15, -0.1) is 0 Å². The van der Waals surface area contributed by atoms with Gasteiger partial charge in [-0.2, -0.15) is 13.2 Å². The largest absolute Gasteiger partial charge is 0.416 e. The van der Waals surface area contributed by atoms with Crippen molar-refractivity contribution in [3.8, 4) is 11.1 Å². The maximum atomic E-state index is 12.7. The maximum Gasteiger partial charge on any atom is 0.416 e. The van der Waals surface area contributed by atoms with Crippen LogP contribution >= 0.6 is 0 Å². The van der Waals surface area contributed by atoms with Gasteiger partial charge < -0.3 is 10.3 Å². The zero-order chi connectivity index (χ0) is 22.0. The van der Waals surface area contributed by atoms with E-state index in [-0.39, 0.29) is 5.91 Å². The van der Waals surface area contributed by atoms with Gasteiger partial charge in [0, 0.05) is 18.2 Å². The van der Waals surface area contributed by atoms with E-state index in [1.165, 1.54) is 19.1 Å². The molecule has 4 rings (SSSR count). The van der Waals surface area contributed by atoms with E-state index in [0.29, 0.717) is 17.1 Å². The van der Waals surface area contributed by atoms with E-state index in [0.717, 1.165) is 34.3 Å². The molecule has 0 bridgehead atoms. The van der Waals surface area contributed by atoms with Crippen LogP contribution in [-0.4, -0.2) is 15.9 Å². The molecule has 1 amide bonds. The second-order valence-corrected chi connectivity index (χ2v) is 7.03. The molecule has 0 radical (unpaired) electrons. The Balaban J connectivity index is 1.60. The number of rotatable bonds is 4. The van der Waals surface area contributed by atoms with Gasteiger partial charge in [0.25, 0.3) is 0 Å². The molecule has 2 N–H and O–H groups in total. The normalized spacial score (nSPS) is 11.9. The lowest BCUT2D eigenvalue weighted by Crippen LogP contribution is -2.06. The number of nitrogens with zero attached hydrogens (tertiary/aromatic N) is 1. The SMILES string of the molecule is CC(=O)Nc1ccccc1-c1ccc2[nH]c(/C=C/c3ccc(C(F)(F)F)cc3)nc2c1. The van der Waals surface area contributed by atoms with Crippen molar-refractivity contribution in [2.24, 2.45) is 0 Å².